The van der Waals surface area contributed by atoms with Crippen LogP contribution in [0.3, 0.4) is 0 Å². The lowest BCUT2D eigenvalue weighted by Crippen LogP contribution is -2.36. The largest absolute Gasteiger partial charge is 0.455 e. The second-order valence-electron chi connectivity index (χ2n) is 8.59. The number of rotatable bonds is 12. The fraction of sp³-hybridized carbons (Fsp3) is 0.929. The minimum atomic E-state index is -3.66. The molecule has 0 fully saturated rings. The number of phosphoric acid groups is 1. The van der Waals surface area contributed by atoms with Gasteiger partial charge < -0.3 is 17.7 Å². The summed E-state index contributed by atoms with van der Waals surface area (Å²) in [6.07, 6.45) is 1.07. The van der Waals surface area contributed by atoms with Gasteiger partial charge in [-0.25, -0.2) is 4.57 Å². The summed E-state index contributed by atoms with van der Waals surface area (Å²) in [5, 5.41) is 3.86. The first-order valence-electron chi connectivity index (χ1n) is 8.55. The van der Waals surface area contributed by atoms with Gasteiger partial charge in [0.25, 0.3) is 0 Å². The SMILES string of the molecule is CCO/N=C/[C@@H](COP(=O)(O[Si](C)(C)C)O[Si](C)(C)C)O[Si](C)(C)C. The number of hydrogen-bond donors (Lipinski definition) is 0. The number of hydrogen-bond acceptors (Lipinski definition) is 7. The van der Waals surface area contributed by atoms with Crippen LogP contribution < -0.4 is 0 Å². The first-order valence-corrected chi connectivity index (χ1v) is 20.2. The third-order valence-corrected chi connectivity index (χ3v) is 9.75. The Balaban J connectivity index is 5.19. The molecule has 0 saturated carbocycles. The topological polar surface area (TPSA) is 75.6 Å². The number of oxime groups is 1. The lowest BCUT2D eigenvalue weighted by atomic mass is 10.4. The average molecular weight is 430 g/mol. The standard InChI is InChI=1S/C14H36NO6PSi3/c1-11-17-15-12-14(19-23(2,3)4)13-18-22(16,20-24(5,6)7)21-25(8,9)10/h12,14H,11,13H2,1-10H3/b15-12+/t14-/m0/s1. The molecule has 0 bridgehead atoms. The van der Waals surface area contributed by atoms with Gasteiger partial charge >= 0.3 is 7.82 Å². The predicted octanol–water partition coefficient (Wildman–Crippen LogP) is 5.06. The van der Waals surface area contributed by atoms with Crippen molar-refractivity contribution in [2.45, 2.75) is 72.0 Å². The van der Waals surface area contributed by atoms with Gasteiger partial charge in [0.05, 0.1) is 12.8 Å². The van der Waals surface area contributed by atoms with Crippen LogP contribution in [-0.2, 0) is 26.8 Å². The summed E-state index contributed by atoms with van der Waals surface area (Å²) in [5.41, 5.74) is 0. The van der Waals surface area contributed by atoms with Gasteiger partial charge in [0.15, 0.2) is 25.0 Å². The normalized spacial score (nSPS) is 15.6. The average Bonchev–Trinajstić information content (AvgIpc) is 2.29. The Hall–Kier alpha value is 0.191. The molecule has 0 amide bonds. The molecule has 0 N–H and O–H groups in total. The van der Waals surface area contributed by atoms with Gasteiger partial charge in [-0.2, -0.15) is 0 Å². The van der Waals surface area contributed by atoms with E-state index in [1.165, 1.54) is 6.21 Å². The maximum absolute atomic E-state index is 13.1. The van der Waals surface area contributed by atoms with Crippen LogP contribution in [-0.4, -0.2) is 50.5 Å². The zero-order valence-electron chi connectivity index (χ0n) is 17.4. The summed E-state index contributed by atoms with van der Waals surface area (Å²) in [6, 6.07) is 0. The Morgan fingerprint density at radius 3 is 1.76 bits per heavy atom. The Morgan fingerprint density at radius 2 is 1.40 bits per heavy atom. The van der Waals surface area contributed by atoms with Crippen molar-refractivity contribution in [3.8, 4) is 0 Å². The van der Waals surface area contributed by atoms with Crippen molar-refractivity contribution < 1.29 is 26.8 Å². The third-order valence-electron chi connectivity index (χ3n) is 2.10. The highest BCUT2D eigenvalue weighted by molar-refractivity contribution is 7.52. The summed E-state index contributed by atoms with van der Waals surface area (Å²) in [6.45, 7) is 20.2. The minimum absolute atomic E-state index is 0.0348. The summed E-state index contributed by atoms with van der Waals surface area (Å²) in [4.78, 5) is 5.00. The quantitative estimate of drug-likeness (QED) is 0.187. The second-order valence-corrected chi connectivity index (χ2v) is 24.1. The predicted molar refractivity (Wildman–Crippen MR) is 111 cm³/mol. The highest BCUT2D eigenvalue weighted by atomic mass is 31.2. The van der Waals surface area contributed by atoms with Crippen LogP contribution in [0.4, 0.5) is 0 Å². The van der Waals surface area contributed by atoms with Crippen molar-refractivity contribution in [1.82, 2.24) is 0 Å². The van der Waals surface area contributed by atoms with Crippen molar-refractivity contribution in [3.05, 3.63) is 0 Å². The minimum Gasteiger partial charge on any atom is -0.407 e. The molecule has 0 aliphatic heterocycles. The summed E-state index contributed by atoms with van der Waals surface area (Å²) in [5.74, 6) is 0. The monoisotopic (exact) mass is 429 g/mol. The zero-order valence-corrected chi connectivity index (χ0v) is 21.3. The molecule has 11 heteroatoms. The first kappa shape index (κ1) is 25.2. The van der Waals surface area contributed by atoms with Gasteiger partial charge in [-0.15, -0.1) is 0 Å². The van der Waals surface area contributed by atoms with E-state index in [0.717, 1.165) is 0 Å². The van der Waals surface area contributed by atoms with Crippen LogP contribution in [0.15, 0.2) is 5.16 Å². The lowest BCUT2D eigenvalue weighted by molar-refractivity contribution is 0.128. The van der Waals surface area contributed by atoms with Gasteiger partial charge in [0.1, 0.15) is 12.7 Å². The molecule has 25 heavy (non-hydrogen) atoms. The maximum atomic E-state index is 13.1. The Kier molecular flexibility index (Phi) is 10.0. The maximum Gasteiger partial charge on any atom is 0.455 e. The van der Waals surface area contributed by atoms with Crippen molar-refractivity contribution in [1.29, 1.82) is 0 Å². The zero-order chi connectivity index (χ0) is 19.9. The van der Waals surface area contributed by atoms with Gasteiger partial charge in [0, 0.05) is 0 Å². The first-order chi connectivity index (χ1) is 11.1. The van der Waals surface area contributed by atoms with Gasteiger partial charge in [-0.1, -0.05) is 5.16 Å². The van der Waals surface area contributed by atoms with E-state index in [-0.39, 0.29) is 6.61 Å². The van der Waals surface area contributed by atoms with Crippen LogP contribution >= 0.6 is 7.82 Å². The molecule has 0 aliphatic rings. The fourth-order valence-electron chi connectivity index (χ4n) is 1.65. The molecule has 0 aromatic heterocycles. The smallest absolute Gasteiger partial charge is 0.407 e. The second kappa shape index (κ2) is 9.93. The molecule has 0 saturated heterocycles. The molecule has 0 unspecified atom stereocenters. The molecule has 0 aliphatic carbocycles. The van der Waals surface area contributed by atoms with Crippen LogP contribution in [0.1, 0.15) is 6.92 Å². The Labute approximate surface area is 156 Å². The molecule has 0 heterocycles. The van der Waals surface area contributed by atoms with Crippen molar-refractivity contribution in [2.24, 2.45) is 5.16 Å². The Bertz CT molecular complexity index is 451. The highest BCUT2D eigenvalue weighted by Crippen LogP contribution is 2.54. The van der Waals surface area contributed by atoms with Crippen molar-refractivity contribution in [3.63, 3.8) is 0 Å². The summed E-state index contributed by atoms with van der Waals surface area (Å²) < 4.78 is 36.3. The third kappa shape index (κ3) is 15.0. The summed E-state index contributed by atoms with van der Waals surface area (Å²) >= 11 is 0. The van der Waals surface area contributed by atoms with Crippen molar-refractivity contribution >= 4 is 39.0 Å². The van der Waals surface area contributed by atoms with Crippen LogP contribution in [0.25, 0.3) is 0 Å². The highest BCUT2D eigenvalue weighted by Gasteiger charge is 2.39. The molecule has 1 atom stereocenters. The van der Waals surface area contributed by atoms with E-state index in [0.29, 0.717) is 6.61 Å². The van der Waals surface area contributed by atoms with E-state index in [9.17, 15) is 4.57 Å². The molecule has 0 rings (SSSR count). The van der Waals surface area contributed by atoms with Crippen molar-refractivity contribution in [2.75, 3.05) is 13.2 Å². The van der Waals surface area contributed by atoms with E-state index in [2.05, 4.69) is 24.8 Å². The molecule has 0 aromatic rings. The van der Waals surface area contributed by atoms with Gasteiger partial charge in [-0.3, -0.25) is 4.52 Å². The van der Waals surface area contributed by atoms with E-state index in [1.54, 1.807) is 0 Å². The molecule has 7 nitrogen and oxygen atoms in total. The molecular formula is C14H36NO6PSi3. The summed E-state index contributed by atoms with van der Waals surface area (Å²) in [7, 11) is -9.76. The van der Waals surface area contributed by atoms with Gasteiger partial charge in [-0.05, 0) is 65.8 Å². The van der Waals surface area contributed by atoms with E-state index >= 15 is 0 Å². The molecule has 0 spiro atoms. The Morgan fingerprint density at radius 1 is 0.920 bits per heavy atom. The van der Waals surface area contributed by atoms with E-state index in [1.807, 2.05) is 46.2 Å². The van der Waals surface area contributed by atoms with Crippen LogP contribution in [0.5, 0.6) is 0 Å². The number of nitrogens with zero attached hydrogens (tertiary/aromatic N) is 1. The van der Waals surface area contributed by atoms with Crippen LogP contribution in [0.2, 0.25) is 58.9 Å². The lowest BCUT2D eigenvalue weighted by Gasteiger charge is -2.31. The van der Waals surface area contributed by atoms with E-state index < -0.39 is 38.9 Å². The van der Waals surface area contributed by atoms with Gasteiger partial charge in [0.2, 0.25) is 0 Å². The fourth-order valence-corrected chi connectivity index (χ4v) is 9.29. The molecular weight excluding hydrogens is 393 g/mol. The van der Waals surface area contributed by atoms with Crippen LogP contribution in [0, 0.1) is 0 Å². The molecule has 0 aromatic carbocycles. The molecule has 150 valence electrons. The molecule has 0 radical (unpaired) electrons. The van der Waals surface area contributed by atoms with E-state index in [4.69, 9.17) is 22.2 Å².